The van der Waals surface area contributed by atoms with E-state index < -0.39 is 0 Å². The SMILES string of the molecule is CCN(CC)C(=O)CCN1C(=O)/C(=C\c2ccc(F)cc2)SC1=S. The molecule has 1 aliphatic rings. The molecule has 0 aliphatic carbocycles. The Bertz CT molecular complexity index is 670. The average Bonchev–Trinajstić information content (AvgIpc) is 2.82. The fraction of sp³-hybridized carbons (Fsp3) is 0.353. The number of thiocarbonyl (C=S) groups is 1. The Morgan fingerprint density at radius 3 is 2.50 bits per heavy atom. The highest BCUT2D eigenvalue weighted by Crippen LogP contribution is 2.32. The van der Waals surface area contributed by atoms with Crippen molar-refractivity contribution in [3.63, 3.8) is 0 Å². The second kappa shape index (κ2) is 8.39. The summed E-state index contributed by atoms with van der Waals surface area (Å²) in [6.07, 6.45) is 1.93. The number of benzene rings is 1. The van der Waals surface area contributed by atoms with E-state index in [1.54, 1.807) is 23.1 Å². The molecule has 1 fully saturated rings. The minimum Gasteiger partial charge on any atom is -0.343 e. The quantitative estimate of drug-likeness (QED) is 0.572. The van der Waals surface area contributed by atoms with Crippen LogP contribution in [0.15, 0.2) is 29.2 Å². The van der Waals surface area contributed by atoms with Gasteiger partial charge in [0, 0.05) is 26.1 Å². The Morgan fingerprint density at radius 1 is 1.29 bits per heavy atom. The lowest BCUT2D eigenvalue weighted by molar-refractivity contribution is -0.131. The standard InChI is InChI=1S/C17H19FN2O2S2/c1-3-19(4-2)15(21)9-10-20-16(22)14(24-17(20)23)11-12-5-7-13(18)8-6-12/h5-8,11H,3-4,9-10H2,1-2H3/b14-11+. The third-order valence-electron chi connectivity index (χ3n) is 3.71. The first kappa shape index (κ1) is 18.6. The molecule has 1 saturated heterocycles. The summed E-state index contributed by atoms with van der Waals surface area (Å²) in [6.45, 7) is 5.43. The van der Waals surface area contributed by atoms with Gasteiger partial charge in [-0.1, -0.05) is 36.1 Å². The molecule has 0 aromatic heterocycles. The second-order valence-corrected chi connectivity index (χ2v) is 6.88. The van der Waals surface area contributed by atoms with Gasteiger partial charge in [0.1, 0.15) is 10.1 Å². The third kappa shape index (κ3) is 4.42. The van der Waals surface area contributed by atoms with E-state index in [0.717, 1.165) is 5.56 Å². The van der Waals surface area contributed by atoms with Gasteiger partial charge in [-0.05, 0) is 37.6 Å². The first-order valence-electron chi connectivity index (χ1n) is 7.75. The fourth-order valence-electron chi connectivity index (χ4n) is 2.35. The molecule has 0 bridgehead atoms. The molecule has 4 nitrogen and oxygen atoms in total. The van der Waals surface area contributed by atoms with Gasteiger partial charge in [-0.3, -0.25) is 14.5 Å². The van der Waals surface area contributed by atoms with E-state index in [-0.39, 0.29) is 30.6 Å². The number of carbonyl (C=O) groups is 2. The van der Waals surface area contributed by atoms with E-state index in [4.69, 9.17) is 12.2 Å². The van der Waals surface area contributed by atoms with E-state index in [9.17, 15) is 14.0 Å². The molecule has 0 spiro atoms. The van der Waals surface area contributed by atoms with Crippen LogP contribution in [0.4, 0.5) is 4.39 Å². The Kier molecular flexibility index (Phi) is 6.51. The second-order valence-electron chi connectivity index (χ2n) is 5.20. The van der Waals surface area contributed by atoms with Crippen molar-refractivity contribution in [1.29, 1.82) is 0 Å². The molecule has 24 heavy (non-hydrogen) atoms. The Morgan fingerprint density at radius 2 is 1.92 bits per heavy atom. The molecule has 7 heteroatoms. The maximum atomic E-state index is 12.9. The molecular weight excluding hydrogens is 347 g/mol. The summed E-state index contributed by atoms with van der Waals surface area (Å²) in [6, 6.07) is 5.89. The molecule has 0 atom stereocenters. The van der Waals surface area contributed by atoms with Crippen molar-refractivity contribution in [2.45, 2.75) is 20.3 Å². The van der Waals surface area contributed by atoms with Crippen LogP contribution in [0.1, 0.15) is 25.8 Å². The van der Waals surface area contributed by atoms with Gasteiger partial charge in [-0.25, -0.2) is 4.39 Å². The normalized spacial score (nSPS) is 16.1. The molecule has 2 amide bonds. The van der Waals surface area contributed by atoms with Gasteiger partial charge in [0.05, 0.1) is 4.91 Å². The van der Waals surface area contributed by atoms with Crippen LogP contribution >= 0.6 is 24.0 Å². The van der Waals surface area contributed by atoms with E-state index in [1.165, 1.54) is 28.8 Å². The zero-order valence-corrected chi connectivity index (χ0v) is 15.3. The molecular formula is C17H19FN2O2S2. The smallest absolute Gasteiger partial charge is 0.266 e. The van der Waals surface area contributed by atoms with Crippen molar-refractivity contribution in [3.8, 4) is 0 Å². The first-order chi connectivity index (χ1) is 11.5. The van der Waals surface area contributed by atoms with Gasteiger partial charge in [0.15, 0.2) is 0 Å². The Balaban J connectivity index is 2.03. The molecule has 1 heterocycles. The predicted molar refractivity (Wildman–Crippen MR) is 98.8 cm³/mol. The monoisotopic (exact) mass is 366 g/mol. The zero-order chi connectivity index (χ0) is 17.7. The van der Waals surface area contributed by atoms with Crippen molar-refractivity contribution in [2.75, 3.05) is 19.6 Å². The Labute approximate surface area is 150 Å². The lowest BCUT2D eigenvalue weighted by Gasteiger charge is -2.20. The highest BCUT2D eigenvalue weighted by Gasteiger charge is 2.32. The molecule has 0 unspecified atom stereocenters. The molecule has 1 aliphatic heterocycles. The van der Waals surface area contributed by atoms with Crippen molar-refractivity contribution in [2.24, 2.45) is 0 Å². The largest absolute Gasteiger partial charge is 0.343 e. The molecule has 1 aromatic carbocycles. The summed E-state index contributed by atoms with van der Waals surface area (Å²) in [4.78, 5) is 28.2. The number of rotatable bonds is 6. The van der Waals surface area contributed by atoms with Gasteiger partial charge in [0.25, 0.3) is 5.91 Å². The van der Waals surface area contributed by atoms with Crippen molar-refractivity contribution >= 4 is 46.2 Å². The van der Waals surface area contributed by atoms with Crippen LogP contribution in [0.5, 0.6) is 0 Å². The van der Waals surface area contributed by atoms with Crippen LogP contribution in [0.25, 0.3) is 6.08 Å². The summed E-state index contributed by atoms with van der Waals surface area (Å²) in [5.74, 6) is -0.521. The van der Waals surface area contributed by atoms with Gasteiger partial charge >= 0.3 is 0 Å². The zero-order valence-electron chi connectivity index (χ0n) is 13.6. The number of hydrogen-bond acceptors (Lipinski definition) is 4. The highest BCUT2D eigenvalue weighted by molar-refractivity contribution is 8.26. The van der Waals surface area contributed by atoms with E-state index >= 15 is 0 Å². The first-order valence-corrected chi connectivity index (χ1v) is 8.97. The molecule has 128 valence electrons. The number of amides is 2. The average molecular weight is 366 g/mol. The van der Waals surface area contributed by atoms with Gasteiger partial charge in [0.2, 0.25) is 5.91 Å². The van der Waals surface area contributed by atoms with Crippen LogP contribution in [-0.2, 0) is 9.59 Å². The summed E-state index contributed by atoms with van der Waals surface area (Å²) < 4.78 is 13.4. The maximum absolute atomic E-state index is 12.9. The number of hydrogen-bond donors (Lipinski definition) is 0. The highest BCUT2D eigenvalue weighted by atomic mass is 32.2. The van der Waals surface area contributed by atoms with Crippen LogP contribution in [0.3, 0.4) is 0 Å². The topological polar surface area (TPSA) is 40.6 Å². The number of thioether (sulfide) groups is 1. The minimum absolute atomic E-state index is 0.0107. The number of nitrogens with zero attached hydrogens (tertiary/aromatic N) is 2. The summed E-state index contributed by atoms with van der Waals surface area (Å²) in [5.41, 5.74) is 0.733. The van der Waals surface area contributed by atoms with Gasteiger partial charge in [-0.2, -0.15) is 0 Å². The lowest BCUT2D eigenvalue weighted by Crippen LogP contribution is -2.36. The van der Waals surface area contributed by atoms with Crippen molar-refractivity contribution in [3.05, 3.63) is 40.6 Å². The van der Waals surface area contributed by atoms with Crippen LogP contribution in [-0.4, -0.2) is 45.6 Å². The third-order valence-corrected chi connectivity index (χ3v) is 5.08. The lowest BCUT2D eigenvalue weighted by atomic mass is 10.2. The summed E-state index contributed by atoms with van der Waals surface area (Å²) in [5, 5.41) is 0. The maximum Gasteiger partial charge on any atom is 0.266 e. The molecule has 0 saturated carbocycles. The van der Waals surface area contributed by atoms with Crippen molar-refractivity contribution in [1.82, 2.24) is 9.80 Å². The molecule has 0 N–H and O–H groups in total. The Hall–Kier alpha value is -1.73. The van der Waals surface area contributed by atoms with Gasteiger partial charge < -0.3 is 4.90 Å². The van der Waals surface area contributed by atoms with E-state index in [1.807, 2.05) is 13.8 Å². The fourth-order valence-corrected chi connectivity index (χ4v) is 3.65. The van der Waals surface area contributed by atoms with Crippen LogP contribution < -0.4 is 0 Å². The van der Waals surface area contributed by atoms with E-state index in [0.29, 0.717) is 22.3 Å². The minimum atomic E-state index is -0.324. The predicted octanol–water partition coefficient (Wildman–Crippen LogP) is 3.29. The van der Waals surface area contributed by atoms with Crippen LogP contribution in [0.2, 0.25) is 0 Å². The van der Waals surface area contributed by atoms with Crippen LogP contribution in [0, 0.1) is 5.82 Å². The summed E-state index contributed by atoms with van der Waals surface area (Å²) in [7, 11) is 0. The van der Waals surface area contributed by atoms with Gasteiger partial charge in [-0.15, -0.1) is 0 Å². The summed E-state index contributed by atoms with van der Waals surface area (Å²) >= 11 is 6.45. The number of halogens is 1. The molecule has 0 radical (unpaired) electrons. The van der Waals surface area contributed by atoms with Crippen molar-refractivity contribution < 1.29 is 14.0 Å². The molecule has 2 rings (SSSR count). The number of carbonyl (C=O) groups excluding carboxylic acids is 2. The molecule has 1 aromatic rings. The van der Waals surface area contributed by atoms with E-state index in [2.05, 4.69) is 0 Å².